The van der Waals surface area contributed by atoms with Crippen LogP contribution in [0.25, 0.3) is 0 Å². The van der Waals surface area contributed by atoms with Crippen LogP contribution in [0.3, 0.4) is 0 Å². The highest BCUT2D eigenvalue weighted by molar-refractivity contribution is 9.10. The van der Waals surface area contributed by atoms with Gasteiger partial charge < -0.3 is 5.32 Å². The smallest absolute Gasteiger partial charge is 0.242 e. The summed E-state index contributed by atoms with van der Waals surface area (Å²) >= 11 is 9.30. The van der Waals surface area contributed by atoms with E-state index in [9.17, 15) is 8.42 Å². The van der Waals surface area contributed by atoms with E-state index >= 15 is 0 Å². The van der Waals surface area contributed by atoms with Crippen LogP contribution in [0, 0.1) is 5.41 Å². The van der Waals surface area contributed by atoms with Crippen molar-refractivity contribution in [3.05, 3.63) is 27.7 Å². The minimum absolute atomic E-state index is 0. The molecule has 4 nitrogen and oxygen atoms in total. The number of halogens is 3. The maximum Gasteiger partial charge on any atom is 0.242 e. The number of sulfonamides is 1. The Balaban J connectivity index is 0.00000220. The minimum atomic E-state index is -3.58. The van der Waals surface area contributed by atoms with E-state index in [1.54, 1.807) is 12.1 Å². The van der Waals surface area contributed by atoms with Crippen molar-refractivity contribution in [2.75, 3.05) is 19.6 Å². The number of hydrogen-bond donors (Lipinski definition) is 2. The van der Waals surface area contributed by atoms with Gasteiger partial charge in [-0.15, -0.1) is 12.4 Å². The SMILES string of the molecule is CC1(CNS(=O)(=O)c2cccc(Br)c2Cl)CCNCC1.Cl. The molecule has 1 aliphatic heterocycles. The van der Waals surface area contributed by atoms with Gasteiger partial charge in [0, 0.05) is 11.0 Å². The maximum absolute atomic E-state index is 12.4. The van der Waals surface area contributed by atoms with E-state index in [2.05, 4.69) is 32.9 Å². The molecule has 0 aliphatic carbocycles. The molecule has 120 valence electrons. The van der Waals surface area contributed by atoms with Gasteiger partial charge in [0.25, 0.3) is 0 Å². The lowest BCUT2D eigenvalue weighted by molar-refractivity contribution is 0.232. The quantitative estimate of drug-likeness (QED) is 0.790. The molecule has 1 aromatic carbocycles. The van der Waals surface area contributed by atoms with Crippen LogP contribution in [0.5, 0.6) is 0 Å². The van der Waals surface area contributed by atoms with Crippen LogP contribution in [0.2, 0.25) is 5.02 Å². The van der Waals surface area contributed by atoms with Crippen molar-refractivity contribution in [1.29, 1.82) is 0 Å². The summed E-state index contributed by atoms with van der Waals surface area (Å²) in [6, 6.07) is 4.90. The Hall–Kier alpha value is 0.150. The summed E-state index contributed by atoms with van der Waals surface area (Å²) in [6.07, 6.45) is 1.92. The molecular weight excluding hydrogens is 399 g/mol. The monoisotopic (exact) mass is 416 g/mol. The van der Waals surface area contributed by atoms with Gasteiger partial charge in [0.1, 0.15) is 4.90 Å². The lowest BCUT2D eigenvalue weighted by atomic mass is 9.81. The van der Waals surface area contributed by atoms with E-state index in [4.69, 9.17) is 11.6 Å². The first-order valence-corrected chi connectivity index (χ1v) is 9.14. The molecule has 8 heteroatoms. The second-order valence-corrected chi connectivity index (χ2v) is 8.40. The molecule has 0 bridgehead atoms. The zero-order valence-corrected chi connectivity index (χ0v) is 15.6. The Morgan fingerprint density at radius 2 is 2.00 bits per heavy atom. The Kier molecular flexibility index (Phi) is 6.96. The molecule has 2 rings (SSSR count). The van der Waals surface area contributed by atoms with Crippen molar-refractivity contribution in [3.63, 3.8) is 0 Å². The topological polar surface area (TPSA) is 58.2 Å². The van der Waals surface area contributed by atoms with Gasteiger partial charge in [0.2, 0.25) is 10.0 Å². The third-order valence-corrected chi connectivity index (χ3v) is 6.56. The predicted molar refractivity (Wildman–Crippen MR) is 91.8 cm³/mol. The zero-order chi connectivity index (χ0) is 14.8. The molecule has 0 aromatic heterocycles. The maximum atomic E-state index is 12.4. The Bertz CT molecular complexity index is 590. The summed E-state index contributed by atoms with van der Waals surface area (Å²) in [5.41, 5.74) is -0.00317. The number of piperidine rings is 1. The highest BCUT2D eigenvalue weighted by Gasteiger charge is 2.29. The van der Waals surface area contributed by atoms with Crippen molar-refractivity contribution in [1.82, 2.24) is 10.0 Å². The van der Waals surface area contributed by atoms with Gasteiger partial charge in [-0.25, -0.2) is 13.1 Å². The molecule has 1 fully saturated rings. The van der Waals surface area contributed by atoms with Crippen LogP contribution in [0.1, 0.15) is 19.8 Å². The van der Waals surface area contributed by atoms with E-state index in [1.807, 2.05) is 0 Å². The fraction of sp³-hybridized carbons (Fsp3) is 0.538. The number of hydrogen-bond acceptors (Lipinski definition) is 3. The Morgan fingerprint density at radius 1 is 1.38 bits per heavy atom. The molecule has 0 spiro atoms. The van der Waals surface area contributed by atoms with E-state index in [0.29, 0.717) is 11.0 Å². The van der Waals surface area contributed by atoms with Gasteiger partial charge in [0.15, 0.2) is 0 Å². The number of benzene rings is 1. The second-order valence-electron chi connectivity index (χ2n) is 5.44. The van der Waals surface area contributed by atoms with Crippen molar-refractivity contribution < 1.29 is 8.42 Å². The fourth-order valence-electron chi connectivity index (χ4n) is 2.25. The Labute approximate surface area is 145 Å². The van der Waals surface area contributed by atoms with Gasteiger partial charge in [-0.05, 0) is 59.4 Å². The largest absolute Gasteiger partial charge is 0.317 e. The first-order valence-electron chi connectivity index (χ1n) is 6.48. The highest BCUT2D eigenvalue weighted by Crippen LogP contribution is 2.31. The van der Waals surface area contributed by atoms with Crippen LogP contribution < -0.4 is 10.0 Å². The summed E-state index contributed by atoms with van der Waals surface area (Å²) in [6.45, 7) is 4.39. The lowest BCUT2D eigenvalue weighted by Gasteiger charge is -2.34. The van der Waals surface area contributed by atoms with Crippen LogP contribution in [-0.2, 0) is 10.0 Å². The Morgan fingerprint density at radius 3 is 2.62 bits per heavy atom. The molecule has 0 saturated carbocycles. The minimum Gasteiger partial charge on any atom is -0.317 e. The molecule has 21 heavy (non-hydrogen) atoms. The molecule has 1 saturated heterocycles. The second kappa shape index (κ2) is 7.62. The average Bonchev–Trinajstić information content (AvgIpc) is 2.41. The van der Waals surface area contributed by atoms with Gasteiger partial charge >= 0.3 is 0 Å². The first-order chi connectivity index (χ1) is 9.34. The third-order valence-electron chi connectivity index (χ3n) is 3.71. The average molecular weight is 418 g/mol. The van der Waals surface area contributed by atoms with E-state index < -0.39 is 10.0 Å². The van der Waals surface area contributed by atoms with Gasteiger partial charge in [-0.3, -0.25) is 0 Å². The fourth-order valence-corrected chi connectivity index (χ4v) is 4.47. The molecule has 0 radical (unpaired) electrons. The molecular formula is C13H19BrCl2N2O2S. The van der Waals surface area contributed by atoms with E-state index in [-0.39, 0.29) is 27.7 Å². The molecule has 0 unspecified atom stereocenters. The highest BCUT2D eigenvalue weighted by atomic mass is 79.9. The zero-order valence-electron chi connectivity index (χ0n) is 11.7. The summed E-state index contributed by atoms with van der Waals surface area (Å²) in [5, 5.41) is 3.50. The molecule has 1 heterocycles. The first kappa shape index (κ1) is 19.2. The van der Waals surface area contributed by atoms with Crippen LogP contribution in [0.4, 0.5) is 0 Å². The van der Waals surface area contributed by atoms with Crippen molar-refractivity contribution >= 4 is 50.0 Å². The van der Waals surface area contributed by atoms with Gasteiger partial charge in [-0.1, -0.05) is 24.6 Å². The standard InChI is InChI=1S/C13H18BrClN2O2S.ClH/c1-13(5-7-16-8-6-13)9-17-20(18,19)11-4-2-3-10(14)12(11)15;/h2-4,16-17H,5-9H2,1H3;1H. The normalized spacial score (nSPS) is 18.0. The molecule has 0 amide bonds. The van der Waals surface area contributed by atoms with Gasteiger partial charge in [-0.2, -0.15) is 0 Å². The van der Waals surface area contributed by atoms with E-state index in [0.717, 1.165) is 25.9 Å². The third kappa shape index (κ3) is 4.81. The number of nitrogens with one attached hydrogen (secondary N) is 2. The van der Waals surface area contributed by atoms with Crippen LogP contribution >= 0.6 is 39.9 Å². The summed E-state index contributed by atoms with van der Waals surface area (Å²) in [4.78, 5) is 0.117. The molecule has 2 N–H and O–H groups in total. The van der Waals surface area contributed by atoms with Crippen LogP contribution in [-0.4, -0.2) is 28.1 Å². The molecule has 0 atom stereocenters. The summed E-state index contributed by atoms with van der Waals surface area (Å²) in [7, 11) is -3.58. The molecule has 1 aliphatic rings. The van der Waals surface area contributed by atoms with Crippen LogP contribution in [0.15, 0.2) is 27.6 Å². The van der Waals surface area contributed by atoms with Gasteiger partial charge in [0.05, 0.1) is 5.02 Å². The number of rotatable bonds is 4. The summed E-state index contributed by atoms with van der Waals surface area (Å²) < 4.78 is 28.0. The van der Waals surface area contributed by atoms with Crippen molar-refractivity contribution in [2.45, 2.75) is 24.7 Å². The lowest BCUT2D eigenvalue weighted by Crippen LogP contribution is -2.42. The molecule has 1 aromatic rings. The van der Waals surface area contributed by atoms with E-state index in [1.165, 1.54) is 6.07 Å². The van der Waals surface area contributed by atoms with Crippen molar-refractivity contribution in [2.24, 2.45) is 5.41 Å². The predicted octanol–water partition coefficient (Wildman–Crippen LogP) is 3.19. The summed E-state index contributed by atoms with van der Waals surface area (Å²) in [5.74, 6) is 0. The van der Waals surface area contributed by atoms with Crippen molar-refractivity contribution in [3.8, 4) is 0 Å².